The molecule has 15 heavy (non-hydrogen) atoms. The zero-order valence-corrected chi connectivity index (χ0v) is 8.40. The summed E-state index contributed by atoms with van der Waals surface area (Å²) < 4.78 is 0. The molecule has 0 aliphatic rings. The van der Waals surface area contributed by atoms with Gasteiger partial charge in [-0.15, -0.1) is 0 Å². The molecule has 0 saturated heterocycles. The van der Waals surface area contributed by atoms with Crippen LogP contribution >= 0.6 is 11.6 Å². The van der Waals surface area contributed by atoms with Crippen molar-refractivity contribution in [1.82, 2.24) is 9.97 Å². The van der Waals surface area contributed by atoms with Crippen LogP contribution in [0.15, 0.2) is 24.4 Å². The molecule has 0 aliphatic carbocycles. The number of carboxylic acid groups (broad SMARTS) is 1. The lowest BCUT2D eigenvalue weighted by Crippen LogP contribution is -2.04. The molecule has 0 spiro atoms. The molecular weight excluding hydrogens is 216 g/mol. The van der Waals surface area contributed by atoms with Crippen molar-refractivity contribution in [3.8, 4) is 0 Å². The third-order valence-corrected chi connectivity index (χ3v) is 2.14. The standard InChI is InChI=1S/C10H7ClN2O2/c11-7-2-1-6-5-12-9(4-10(14)15)13-8(6)3-7/h1-3,5H,4H2,(H,14,15). The van der Waals surface area contributed by atoms with E-state index in [1.807, 2.05) is 0 Å². The number of aromatic nitrogens is 2. The molecule has 5 heteroatoms. The number of hydrogen-bond acceptors (Lipinski definition) is 3. The Balaban J connectivity index is 2.49. The summed E-state index contributed by atoms with van der Waals surface area (Å²) in [5, 5.41) is 10.0. The van der Waals surface area contributed by atoms with Crippen LogP contribution < -0.4 is 0 Å². The highest BCUT2D eigenvalue weighted by molar-refractivity contribution is 6.31. The van der Waals surface area contributed by atoms with Crippen LogP contribution in [-0.2, 0) is 11.2 Å². The third-order valence-electron chi connectivity index (χ3n) is 1.90. The van der Waals surface area contributed by atoms with Gasteiger partial charge in [0.15, 0.2) is 0 Å². The number of carbonyl (C=O) groups is 1. The Hall–Kier alpha value is -1.68. The molecule has 0 unspecified atom stereocenters. The van der Waals surface area contributed by atoms with Crippen molar-refractivity contribution < 1.29 is 9.90 Å². The van der Waals surface area contributed by atoms with Crippen LogP contribution in [0, 0.1) is 0 Å². The lowest BCUT2D eigenvalue weighted by Gasteiger charge is -1.99. The third kappa shape index (κ3) is 2.22. The van der Waals surface area contributed by atoms with Gasteiger partial charge in [0.2, 0.25) is 0 Å². The molecule has 2 rings (SSSR count). The van der Waals surface area contributed by atoms with Gasteiger partial charge in [-0.25, -0.2) is 9.97 Å². The van der Waals surface area contributed by atoms with Gasteiger partial charge in [0.25, 0.3) is 0 Å². The summed E-state index contributed by atoms with van der Waals surface area (Å²) in [5.74, 6) is -0.659. The molecular formula is C10H7ClN2O2. The maximum Gasteiger partial charge on any atom is 0.311 e. The number of nitrogens with zero attached hydrogens (tertiary/aromatic N) is 2. The molecule has 1 aromatic heterocycles. The van der Waals surface area contributed by atoms with Gasteiger partial charge in [-0.05, 0) is 18.2 Å². The van der Waals surface area contributed by atoms with Crippen molar-refractivity contribution in [2.75, 3.05) is 0 Å². The number of rotatable bonds is 2. The second kappa shape index (κ2) is 3.82. The van der Waals surface area contributed by atoms with Gasteiger partial charge in [-0.2, -0.15) is 0 Å². The van der Waals surface area contributed by atoms with E-state index in [2.05, 4.69) is 9.97 Å². The molecule has 2 aromatic rings. The zero-order chi connectivity index (χ0) is 10.8. The van der Waals surface area contributed by atoms with Crippen LogP contribution in [0.5, 0.6) is 0 Å². The van der Waals surface area contributed by atoms with Crippen LogP contribution in [0.2, 0.25) is 5.02 Å². The van der Waals surface area contributed by atoms with E-state index in [9.17, 15) is 4.79 Å². The summed E-state index contributed by atoms with van der Waals surface area (Å²) in [4.78, 5) is 18.5. The van der Waals surface area contributed by atoms with Crippen molar-refractivity contribution in [3.63, 3.8) is 0 Å². The van der Waals surface area contributed by atoms with Gasteiger partial charge >= 0.3 is 5.97 Å². The molecule has 4 nitrogen and oxygen atoms in total. The van der Waals surface area contributed by atoms with Gasteiger partial charge < -0.3 is 5.11 Å². The molecule has 0 saturated carbocycles. The van der Waals surface area contributed by atoms with E-state index in [1.54, 1.807) is 24.4 Å². The van der Waals surface area contributed by atoms with Gasteiger partial charge in [-0.3, -0.25) is 4.79 Å². The van der Waals surface area contributed by atoms with Crippen LogP contribution in [0.4, 0.5) is 0 Å². The van der Waals surface area contributed by atoms with Crippen molar-refractivity contribution in [2.24, 2.45) is 0 Å². The number of carboxylic acids is 1. The highest BCUT2D eigenvalue weighted by atomic mass is 35.5. The lowest BCUT2D eigenvalue weighted by molar-refractivity contribution is -0.136. The highest BCUT2D eigenvalue weighted by Gasteiger charge is 2.04. The summed E-state index contributed by atoms with van der Waals surface area (Å²) in [6.07, 6.45) is 1.42. The molecule has 0 atom stereocenters. The Labute approximate surface area is 90.5 Å². The van der Waals surface area contributed by atoms with E-state index in [0.29, 0.717) is 10.5 Å². The quantitative estimate of drug-likeness (QED) is 0.843. The minimum Gasteiger partial charge on any atom is -0.481 e. The van der Waals surface area contributed by atoms with E-state index in [1.165, 1.54) is 0 Å². The first-order chi connectivity index (χ1) is 7.15. The summed E-state index contributed by atoms with van der Waals surface area (Å²) in [6, 6.07) is 5.22. The van der Waals surface area contributed by atoms with E-state index >= 15 is 0 Å². The van der Waals surface area contributed by atoms with Crippen molar-refractivity contribution in [1.29, 1.82) is 0 Å². The van der Waals surface area contributed by atoms with Crippen molar-refractivity contribution in [2.45, 2.75) is 6.42 Å². The van der Waals surface area contributed by atoms with Crippen molar-refractivity contribution >= 4 is 28.5 Å². The maximum absolute atomic E-state index is 10.5. The lowest BCUT2D eigenvalue weighted by atomic mass is 10.2. The predicted molar refractivity (Wildman–Crippen MR) is 55.9 cm³/mol. The minimum absolute atomic E-state index is 0.178. The number of aliphatic carboxylic acids is 1. The van der Waals surface area contributed by atoms with Gasteiger partial charge in [0.1, 0.15) is 12.2 Å². The molecule has 0 amide bonds. The van der Waals surface area contributed by atoms with E-state index in [4.69, 9.17) is 16.7 Å². The minimum atomic E-state index is -0.948. The molecule has 1 aromatic carbocycles. The largest absolute Gasteiger partial charge is 0.481 e. The molecule has 0 fully saturated rings. The Morgan fingerprint density at radius 2 is 2.27 bits per heavy atom. The fourth-order valence-electron chi connectivity index (χ4n) is 1.26. The number of halogens is 1. The monoisotopic (exact) mass is 222 g/mol. The summed E-state index contributed by atoms with van der Waals surface area (Å²) >= 11 is 5.80. The SMILES string of the molecule is O=C(O)Cc1ncc2ccc(Cl)cc2n1. The van der Waals surface area contributed by atoms with Crippen LogP contribution in [0.3, 0.4) is 0 Å². The summed E-state index contributed by atoms with van der Waals surface area (Å²) in [5.41, 5.74) is 0.661. The molecule has 0 radical (unpaired) electrons. The average Bonchev–Trinajstić information content (AvgIpc) is 2.16. The first-order valence-corrected chi connectivity index (χ1v) is 4.66. The summed E-state index contributed by atoms with van der Waals surface area (Å²) in [6.45, 7) is 0. The summed E-state index contributed by atoms with van der Waals surface area (Å²) in [7, 11) is 0. The van der Waals surface area contributed by atoms with E-state index in [-0.39, 0.29) is 12.2 Å². The van der Waals surface area contributed by atoms with E-state index < -0.39 is 5.97 Å². The molecule has 1 heterocycles. The van der Waals surface area contributed by atoms with Gasteiger partial charge in [0.05, 0.1) is 5.52 Å². The van der Waals surface area contributed by atoms with Crippen LogP contribution in [-0.4, -0.2) is 21.0 Å². The topological polar surface area (TPSA) is 63.1 Å². The van der Waals surface area contributed by atoms with E-state index in [0.717, 1.165) is 5.39 Å². The van der Waals surface area contributed by atoms with Crippen molar-refractivity contribution in [3.05, 3.63) is 35.2 Å². The Kier molecular flexibility index (Phi) is 2.51. The first kappa shape index (κ1) is 9.86. The molecule has 1 N–H and O–H groups in total. The molecule has 0 aliphatic heterocycles. The maximum atomic E-state index is 10.5. The number of hydrogen-bond donors (Lipinski definition) is 1. The Morgan fingerprint density at radius 1 is 1.47 bits per heavy atom. The normalized spacial score (nSPS) is 10.5. The zero-order valence-electron chi connectivity index (χ0n) is 7.64. The van der Waals surface area contributed by atoms with Crippen LogP contribution in [0.1, 0.15) is 5.82 Å². The number of fused-ring (bicyclic) bond motifs is 1. The second-order valence-corrected chi connectivity index (χ2v) is 3.50. The Morgan fingerprint density at radius 3 is 3.00 bits per heavy atom. The van der Waals surface area contributed by atoms with Gasteiger partial charge in [-0.1, -0.05) is 11.6 Å². The predicted octanol–water partition coefficient (Wildman–Crippen LogP) is 1.91. The first-order valence-electron chi connectivity index (χ1n) is 4.28. The fourth-order valence-corrected chi connectivity index (χ4v) is 1.42. The fraction of sp³-hybridized carbons (Fsp3) is 0.100. The molecule has 0 bridgehead atoms. The smallest absolute Gasteiger partial charge is 0.311 e. The number of benzene rings is 1. The Bertz CT molecular complexity index is 528. The highest BCUT2D eigenvalue weighted by Crippen LogP contribution is 2.16. The van der Waals surface area contributed by atoms with Crippen LogP contribution in [0.25, 0.3) is 10.9 Å². The second-order valence-electron chi connectivity index (χ2n) is 3.06. The average molecular weight is 223 g/mol. The molecule has 76 valence electrons. The van der Waals surface area contributed by atoms with Gasteiger partial charge in [0, 0.05) is 16.6 Å².